The molecule has 1 heterocycles. The minimum atomic E-state index is -1.28. The van der Waals surface area contributed by atoms with E-state index in [-0.39, 0.29) is 0 Å². The zero-order valence-electron chi connectivity index (χ0n) is 7.23. The fourth-order valence-electron chi connectivity index (χ4n) is 1.16. The smallest absolute Gasteiger partial charge is 0.359 e. The molecule has 0 aliphatic carbocycles. The van der Waals surface area contributed by atoms with Gasteiger partial charge in [-0.05, 0) is 52.3 Å². The van der Waals surface area contributed by atoms with Crippen LogP contribution in [0, 0.1) is 3.57 Å². The largest absolute Gasteiger partial charge is 0.476 e. The van der Waals surface area contributed by atoms with Gasteiger partial charge in [0, 0.05) is 8.96 Å². The van der Waals surface area contributed by atoms with Crippen molar-refractivity contribution in [2.75, 3.05) is 0 Å². The van der Waals surface area contributed by atoms with E-state index in [0.29, 0.717) is 10.1 Å². The van der Waals surface area contributed by atoms with E-state index in [4.69, 9.17) is 5.11 Å². The number of benzene rings is 1. The molecular formula is C9H4INO3S. The number of fused-ring (bicyclic) bond motifs is 1. The van der Waals surface area contributed by atoms with E-state index >= 15 is 0 Å². The Morgan fingerprint density at radius 1 is 1.47 bits per heavy atom. The molecule has 0 spiro atoms. The van der Waals surface area contributed by atoms with Crippen molar-refractivity contribution in [2.45, 2.75) is 0 Å². The fraction of sp³-hybridized carbons (Fsp3) is 0. The lowest BCUT2D eigenvalue weighted by atomic mass is 10.2. The lowest BCUT2D eigenvalue weighted by Crippen LogP contribution is -2.15. The standard InChI is InChI=1S/C9H4INO3S/c10-4-1-2-6-5(3-4)8(12)7(9(13)14)11-15-6/h1-3H,(H,13,14). The monoisotopic (exact) mass is 333 g/mol. The van der Waals surface area contributed by atoms with Crippen LogP contribution in [0.5, 0.6) is 0 Å². The molecule has 0 amide bonds. The van der Waals surface area contributed by atoms with E-state index in [1.165, 1.54) is 0 Å². The van der Waals surface area contributed by atoms with Crippen LogP contribution in [0.1, 0.15) is 10.5 Å². The van der Waals surface area contributed by atoms with E-state index in [0.717, 1.165) is 15.1 Å². The van der Waals surface area contributed by atoms with Crippen LogP contribution in [0.25, 0.3) is 10.1 Å². The van der Waals surface area contributed by atoms with E-state index in [2.05, 4.69) is 27.0 Å². The van der Waals surface area contributed by atoms with Gasteiger partial charge in [0.2, 0.25) is 11.1 Å². The van der Waals surface area contributed by atoms with Gasteiger partial charge >= 0.3 is 5.97 Å². The van der Waals surface area contributed by atoms with Crippen LogP contribution in [-0.2, 0) is 0 Å². The summed E-state index contributed by atoms with van der Waals surface area (Å²) in [6.45, 7) is 0. The molecule has 6 heteroatoms. The Labute approximate surface area is 102 Å². The number of hydrogen-bond donors (Lipinski definition) is 1. The molecule has 0 bridgehead atoms. The van der Waals surface area contributed by atoms with Crippen molar-refractivity contribution >= 4 is 50.2 Å². The average Bonchev–Trinajstić information content (AvgIpc) is 2.19. The van der Waals surface area contributed by atoms with Gasteiger partial charge in [0.05, 0.1) is 4.70 Å². The summed E-state index contributed by atoms with van der Waals surface area (Å²) in [5, 5.41) is 9.15. The zero-order valence-corrected chi connectivity index (χ0v) is 10.2. The van der Waals surface area contributed by atoms with Crippen LogP contribution >= 0.6 is 34.1 Å². The normalized spacial score (nSPS) is 10.5. The number of aromatic nitrogens is 1. The molecule has 15 heavy (non-hydrogen) atoms. The number of aromatic carboxylic acids is 1. The highest BCUT2D eigenvalue weighted by Crippen LogP contribution is 2.17. The summed E-state index contributed by atoms with van der Waals surface area (Å²) in [5.74, 6) is -1.28. The highest BCUT2D eigenvalue weighted by molar-refractivity contribution is 14.1. The molecule has 1 N–H and O–H groups in total. The van der Waals surface area contributed by atoms with Crippen LogP contribution in [0.15, 0.2) is 23.0 Å². The van der Waals surface area contributed by atoms with E-state index in [1.54, 1.807) is 12.1 Å². The summed E-state index contributed by atoms with van der Waals surface area (Å²) >= 11 is 3.09. The third-order valence-electron chi connectivity index (χ3n) is 1.84. The molecule has 0 saturated heterocycles. The lowest BCUT2D eigenvalue weighted by Gasteiger charge is -1.97. The Morgan fingerprint density at radius 2 is 2.20 bits per heavy atom. The van der Waals surface area contributed by atoms with Crippen LogP contribution in [0.3, 0.4) is 0 Å². The SMILES string of the molecule is O=C(O)c1nsc2ccc(I)cc2c1=O. The first-order chi connectivity index (χ1) is 7.09. The van der Waals surface area contributed by atoms with E-state index in [1.807, 2.05) is 6.07 Å². The number of halogens is 1. The second kappa shape index (κ2) is 3.86. The van der Waals surface area contributed by atoms with Gasteiger partial charge in [-0.2, -0.15) is 4.37 Å². The lowest BCUT2D eigenvalue weighted by molar-refractivity contribution is 0.0690. The molecule has 76 valence electrons. The Balaban J connectivity index is 2.89. The Kier molecular flexibility index (Phi) is 2.70. The third kappa shape index (κ3) is 1.86. The minimum absolute atomic E-state index is 0.408. The van der Waals surface area contributed by atoms with Crippen molar-refractivity contribution in [3.05, 3.63) is 37.7 Å². The molecule has 0 saturated carbocycles. The first kappa shape index (κ1) is 10.5. The van der Waals surface area contributed by atoms with Gasteiger partial charge in [-0.3, -0.25) is 4.79 Å². The second-order valence-electron chi connectivity index (χ2n) is 2.81. The first-order valence-corrected chi connectivity index (χ1v) is 5.77. The molecule has 1 aromatic heterocycles. The topological polar surface area (TPSA) is 67.3 Å². The molecule has 2 aromatic rings. The minimum Gasteiger partial charge on any atom is -0.476 e. The van der Waals surface area contributed by atoms with Gasteiger partial charge in [-0.1, -0.05) is 0 Å². The molecule has 1 aromatic carbocycles. The first-order valence-electron chi connectivity index (χ1n) is 3.92. The van der Waals surface area contributed by atoms with Crippen molar-refractivity contribution in [2.24, 2.45) is 0 Å². The average molecular weight is 333 g/mol. The predicted octanol–water partition coefficient (Wildman–Crippen LogP) is 1.96. The number of carbonyl (C=O) groups is 1. The number of carboxylic acid groups (broad SMARTS) is 1. The molecule has 2 rings (SSSR count). The Morgan fingerprint density at radius 3 is 2.87 bits per heavy atom. The van der Waals surface area contributed by atoms with Crippen LogP contribution in [-0.4, -0.2) is 15.4 Å². The predicted molar refractivity (Wildman–Crippen MR) is 65.6 cm³/mol. The Bertz CT molecular complexity index is 608. The van der Waals surface area contributed by atoms with Crippen molar-refractivity contribution in [1.29, 1.82) is 0 Å². The number of carboxylic acids is 1. The molecule has 0 aliphatic heterocycles. The van der Waals surface area contributed by atoms with Gasteiger partial charge in [0.15, 0.2) is 0 Å². The van der Waals surface area contributed by atoms with Crippen molar-refractivity contribution < 1.29 is 9.90 Å². The van der Waals surface area contributed by atoms with Gasteiger partial charge in [0.1, 0.15) is 0 Å². The molecule has 0 unspecified atom stereocenters. The second-order valence-corrected chi connectivity index (χ2v) is 4.86. The summed E-state index contributed by atoms with van der Waals surface area (Å²) < 4.78 is 5.26. The fourth-order valence-corrected chi connectivity index (χ4v) is 2.38. The molecule has 0 fully saturated rings. The molecular weight excluding hydrogens is 329 g/mol. The van der Waals surface area contributed by atoms with Crippen LogP contribution in [0.2, 0.25) is 0 Å². The summed E-state index contributed by atoms with van der Waals surface area (Å²) in [4.78, 5) is 22.4. The maximum Gasteiger partial charge on any atom is 0.359 e. The highest BCUT2D eigenvalue weighted by atomic mass is 127. The van der Waals surface area contributed by atoms with Crippen molar-refractivity contribution in [1.82, 2.24) is 4.37 Å². The van der Waals surface area contributed by atoms with Crippen LogP contribution in [0.4, 0.5) is 0 Å². The highest BCUT2D eigenvalue weighted by Gasteiger charge is 2.13. The van der Waals surface area contributed by atoms with Gasteiger partial charge in [0.25, 0.3) is 0 Å². The third-order valence-corrected chi connectivity index (χ3v) is 3.34. The quantitative estimate of drug-likeness (QED) is 0.810. The van der Waals surface area contributed by atoms with Crippen molar-refractivity contribution in [3.63, 3.8) is 0 Å². The summed E-state index contributed by atoms with van der Waals surface area (Å²) in [5.41, 5.74) is -0.927. The molecule has 0 aliphatic rings. The number of hydrogen-bond acceptors (Lipinski definition) is 4. The maximum atomic E-state index is 11.7. The Hall–Kier alpha value is -1.02. The van der Waals surface area contributed by atoms with E-state index < -0.39 is 17.1 Å². The van der Waals surface area contributed by atoms with Gasteiger partial charge in [-0.15, -0.1) is 0 Å². The number of nitrogens with zero attached hydrogens (tertiary/aromatic N) is 1. The molecule has 0 atom stereocenters. The van der Waals surface area contributed by atoms with Gasteiger partial charge in [-0.25, -0.2) is 4.79 Å². The van der Waals surface area contributed by atoms with Gasteiger partial charge < -0.3 is 5.11 Å². The van der Waals surface area contributed by atoms with Crippen LogP contribution < -0.4 is 5.43 Å². The number of rotatable bonds is 1. The van der Waals surface area contributed by atoms with Crippen molar-refractivity contribution in [3.8, 4) is 0 Å². The summed E-state index contributed by atoms with van der Waals surface area (Å²) in [6.07, 6.45) is 0. The zero-order chi connectivity index (χ0) is 11.0. The maximum absolute atomic E-state index is 11.7. The van der Waals surface area contributed by atoms with E-state index in [9.17, 15) is 9.59 Å². The summed E-state index contributed by atoms with van der Waals surface area (Å²) in [6, 6.07) is 5.28. The summed E-state index contributed by atoms with van der Waals surface area (Å²) in [7, 11) is 0. The molecule has 4 nitrogen and oxygen atoms in total. The molecule has 0 radical (unpaired) electrons.